The van der Waals surface area contributed by atoms with E-state index >= 15 is 0 Å². The number of piperazine rings is 1. The molecule has 1 fully saturated rings. The number of carbonyl (C=O) groups excluding carboxylic acids is 3. The molecule has 16 nitrogen and oxygen atoms in total. The average molecular weight is 865 g/mol. The van der Waals surface area contributed by atoms with Gasteiger partial charge in [0.15, 0.2) is 5.75 Å². The van der Waals surface area contributed by atoms with E-state index in [2.05, 4.69) is 15.3 Å². The zero-order chi connectivity index (χ0) is 43.7. The minimum absolute atomic E-state index is 0. The number of ether oxygens (including phenoxy) is 4. The summed E-state index contributed by atoms with van der Waals surface area (Å²) in [5.41, 5.74) is -0.350. The van der Waals surface area contributed by atoms with Gasteiger partial charge in [0, 0.05) is 87.3 Å². The number of aliphatic hydroxyl groups is 2. The molecule has 2 aromatic rings. The van der Waals surface area contributed by atoms with Crippen LogP contribution in [0.25, 0.3) is 10.8 Å². The van der Waals surface area contributed by atoms with Gasteiger partial charge in [0.2, 0.25) is 0 Å². The number of phenolic OH excluding ortho intramolecular Hbond substituents is 3. The van der Waals surface area contributed by atoms with Crippen LogP contribution >= 0.6 is 0 Å². The molecule has 1 amide bonds. The summed E-state index contributed by atoms with van der Waals surface area (Å²) in [5, 5.41) is 66.8. The first kappa shape index (κ1) is 48.8. The van der Waals surface area contributed by atoms with E-state index in [0.29, 0.717) is 13.1 Å². The van der Waals surface area contributed by atoms with E-state index in [1.54, 1.807) is 44.9 Å². The molecule has 4 heterocycles. The molecule has 5 bridgehead atoms. The molecule has 4 aliphatic rings. The van der Waals surface area contributed by atoms with Gasteiger partial charge in [0.25, 0.3) is 11.7 Å². The van der Waals surface area contributed by atoms with Crippen molar-refractivity contribution in [1.29, 1.82) is 0 Å². The zero-order valence-electron chi connectivity index (χ0n) is 38.1. The third-order valence-corrected chi connectivity index (χ3v) is 11.9. The zero-order valence-corrected chi connectivity index (χ0v) is 38.3. The Kier molecular flexibility index (Phi) is 16.1. The number of methoxy groups -OCH3 is 1. The Balaban J connectivity index is 0.00000441. The van der Waals surface area contributed by atoms with Crippen molar-refractivity contribution in [3.8, 4) is 23.0 Å². The predicted molar refractivity (Wildman–Crippen MR) is 228 cm³/mol. The Labute approximate surface area is 383 Å². The standard InChI is InChI=1S/C43H58N4O12.Ca.2H/c1-21-12-11-13-22(2)42(55)45-33-28(20-44-47-17-15-46(9)16-18-47)37(52)30-31(38(33)53)36(51)26(6)40-32(30)41(54)43(8,59-40)57-19-14-29(56-10)23(3)39(58-27(7)48)25(5)35(50)24(4)34(21)49;;;/h11-14,19-21,23-25,29,34-35,39,49-53H,15-18H2,1-10H3,(H,45,55);;;/q;+2;2*-1/t21-,23+,24+,25+,29-,34-,35+,39+,43-;;;/m0.../s1. The number of benzene rings is 2. The van der Waals surface area contributed by atoms with Crippen molar-refractivity contribution in [2.45, 2.75) is 85.6 Å². The molecule has 4 aliphatic heterocycles. The van der Waals surface area contributed by atoms with E-state index in [-0.39, 0.29) is 85.1 Å². The number of carbonyl (C=O) groups is 3. The van der Waals surface area contributed by atoms with Gasteiger partial charge in [-0.2, -0.15) is 5.10 Å². The van der Waals surface area contributed by atoms with Gasteiger partial charge in [0.1, 0.15) is 23.4 Å². The third kappa shape index (κ3) is 9.75. The van der Waals surface area contributed by atoms with Crippen molar-refractivity contribution >= 4 is 78.1 Å². The molecular weight excluding hydrogens is 805 g/mol. The van der Waals surface area contributed by atoms with Crippen molar-refractivity contribution in [3.05, 3.63) is 52.8 Å². The van der Waals surface area contributed by atoms with E-state index in [0.717, 1.165) is 13.1 Å². The van der Waals surface area contributed by atoms with Crippen LogP contribution in [0.3, 0.4) is 0 Å². The summed E-state index contributed by atoms with van der Waals surface area (Å²) in [7, 11) is 3.42. The van der Waals surface area contributed by atoms with Gasteiger partial charge in [-0.15, -0.1) is 0 Å². The molecule has 2 aromatic carbocycles. The summed E-state index contributed by atoms with van der Waals surface area (Å²) in [6, 6.07) is 0. The Morgan fingerprint density at radius 3 is 2.23 bits per heavy atom. The first-order chi connectivity index (χ1) is 27.7. The van der Waals surface area contributed by atoms with Crippen LogP contribution in [0, 0.1) is 30.6 Å². The monoisotopic (exact) mass is 864 g/mol. The van der Waals surface area contributed by atoms with Crippen LogP contribution in [0.2, 0.25) is 0 Å². The van der Waals surface area contributed by atoms with Gasteiger partial charge in [-0.1, -0.05) is 45.9 Å². The average Bonchev–Trinajstić information content (AvgIpc) is 3.46. The minimum atomic E-state index is -2.04. The second kappa shape index (κ2) is 19.9. The smallest absolute Gasteiger partial charge is 1.00 e. The predicted octanol–water partition coefficient (Wildman–Crippen LogP) is 4.18. The molecule has 6 N–H and O–H groups in total. The SMILES string of the molecule is CO[C@H]1C=CO[C@@]2(C)Oc3c(C)c(O)c4c(O)c(c(C=NN5CCN(C)CC5)c(O)c4c3C2=O)NC(=O)C(C)=CC=C[C@H](C)[C@H](O)[C@@H](C)[C@@H](O)[C@@H](C)[C@H](OC(C)=O)[C@@H]1C.[Ca+2].[H-].[H-]. The van der Waals surface area contributed by atoms with E-state index < -0.39 is 88.8 Å². The number of hydrogen-bond donors (Lipinski definition) is 6. The van der Waals surface area contributed by atoms with Crippen LogP contribution in [0.15, 0.2) is 41.2 Å². The number of amides is 1. The number of phenols is 3. The van der Waals surface area contributed by atoms with Crippen molar-refractivity contribution < 1.29 is 61.7 Å². The summed E-state index contributed by atoms with van der Waals surface area (Å²) in [6.45, 7) is 15.1. The normalized spacial score (nSPS) is 29.6. The Morgan fingerprint density at radius 2 is 1.62 bits per heavy atom. The fourth-order valence-electron chi connectivity index (χ4n) is 7.92. The number of ketones is 1. The quantitative estimate of drug-likeness (QED) is 0.0836. The van der Waals surface area contributed by atoms with E-state index in [9.17, 15) is 39.9 Å². The number of hydrogen-bond acceptors (Lipinski definition) is 15. The molecule has 9 atom stereocenters. The maximum atomic E-state index is 14.4. The van der Waals surface area contributed by atoms with Gasteiger partial charge in [-0.05, 0) is 27.0 Å². The summed E-state index contributed by atoms with van der Waals surface area (Å²) in [6.07, 6.45) is 4.86. The molecule has 0 radical (unpaired) electrons. The molecule has 0 saturated carbocycles. The Bertz CT molecular complexity index is 2090. The minimum Gasteiger partial charge on any atom is -1.00 e. The summed E-state index contributed by atoms with van der Waals surface area (Å²) < 4.78 is 23.6. The first-order valence-corrected chi connectivity index (χ1v) is 19.8. The maximum absolute atomic E-state index is 14.4. The summed E-state index contributed by atoms with van der Waals surface area (Å²) in [4.78, 5) is 42.6. The molecule has 0 unspecified atom stereocenters. The van der Waals surface area contributed by atoms with Crippen LogP contribution < -0.4 is 10.1 Å². The number of rotatable bonds is 4. The number of fused-ring (bicyclic) bond motifs is 14. The van der Waals surface area contributed by atoms with Crippen LogP contribution in [0.1, 0.15) is 72.8 Å². The molecular formula is C43H60CaN4O12. The molecule has 6 rings (SSSR count). The van der Waals surface area contributed by atoms with Crippen LogP contribution in [-0.4, -0.2) is 168 Å². The van der Waals surface area contributed by atoms with Gasteiger partial charge >= 0.3 is 49.5 Å². The molecule has 0 spiro atoms. The van der Waals surface area contributed by atoms with E-state index in [1.807, 2.05) is 7.05 Å². The number of Topliss-reactive ketones (excluding diaryl/α,β-unsaturated/α-hetero) is 1. The Hall–Kier alpha value is -3.90. The largest absolute Gasteiger partial charge is 2.00 e. The number of likely N-dealkylation sites (N-methyl/N-ethyl adjacent to an activating group) is 1. The van der Waals surface area contributed by atoms with Crippen molar-refractivity contribution in [3.63, 3.8) is 0 Å². The fourth-order valence-corrected chi connectivity index (χ4v) is 7.92. The summed E-state index contributed by atoms with van der Waals surface area (Å²) in [5.74, 6) is -8.34. The van der Waals surface area contributed by atoms with Crippen LogP contribution in [0.5, 0.6) is 23.0 Å². The number of aliphatic hydroxyl groups excluding tert-OH is 2. The molecule has 17 heteroatoms. The number of aromatic hydroxyl groups is 3. The number of hydrazone groups is 1. The van der Waals surface area contributed by atoms with E-state index in [4.69, 9.17) is 18.9 Å². The maximum Gasteiger partial charge on any atom is 2.00 e. The van der Waals surface area contributed by atoms with Gasteiger partial charge < -0.3 is 57.6 Å². The molecule has 0 aromatic heterocycles. The molecule has 0 aliphatic carbocycles. The third-order valence-electron chi connectivity index (χ3n) is 11.9. The summed E-state index contributed by atoms with van der Waals surface area (Å²) >= 11 is 0. The number of esters is 1. The first-order valence-electron chi connectivity index (χ1n) is 19.8. The van der Waals surface area contributed by atoms with Crippen molar-refractivity contribution in [1.82, 2.24) is 9.91 Å². The second-order valence-corrected chi connectivity index (χ2v) is 16.1. The van der Waals surface area contributed by atoms with Crippen LogP contribution in [-0.2, 0) is 23.8 Å². The number of nitrogens with zero attached hydrogens (tertiary/aromatic N) is 3. The molecule has 1 saturated heterocycles. The van der Waals surface area contributed by atoms with Gasteiger partial charge in [0.05, 0.1) is 53.0 Å². The molecule has 326 valence electrons. The topological polar surface area (TPSA) is 220 Å². The van der Waals surface area contributed by atoms with Crippen LogP contribution in [0.4, 0.5) is 5.69 Å². The number of nitrogens with one attached hydrogen (secondary N) is 1. The van der Waals surface area contributed by atoms with Crippen molar-refractivity contribution in [2.24, 2.45) is 28.8 Å². The number of anilines is 1. The van der Waals surface area contributed by atoms with Gasteiger partial charge in [-0.25, -0.2) is 0 Å². The van der Waals surface area contributed by atoms with E-state index in [1.165, 1.54) is 59.4 Å². The molecule has 60 heavy (non-hydrogen) atoms. The van der Waals surface area contributed by atoms with Crippen molar-refractivity contribution in [2.75, 3.05) is 45.7 Å². The van der Waals surface area contributed by atoms with Gasteiger partial charge in [-0.3, -0.25) is 19.4 Å². The number of allylic oxidation sites excluding steroid dienone is 2. The Morgan fingerprint density at radius 1 is 0.967 bits per heavy atom. The fraction of sp³-hybridized carbons (Fsp3) is 0.535. The second-order valence-electron chi connectivity index (χ2n) is 16.1.